The molecule has 10 aromatic carbocycles. The smallest absolute Gasteiger partial charge is 0.0733 e. The summed E-state index contributed by atoms with van der Waals surface area (Å²) in [6.07, 6.45) is 0. The van der Waals surface area contributed by atoms with Gasteiger partial charge in [-0.3, -0.25) is 0 Å². The Morgan fingerprint density at radius 3 is 1.46 bits per heavy atom. The minimum atomic E-state index is -0.529. The maximum Gasteiger partial charge on any atom is 0.0733 e. The van der Waals surface area contributed by atoms with Gasteiger partial charge in [0, 0.05) is 27.2 Å². The number of rotatable bonds is 6. The van der Waals surface area contributed by atoms with Gasteiger partial charge in [0.2, 0.25) is 0 Å². The van der Waals surface area contributed by atoms with Crippen molar-refractivity contribution in [1.82, 2.24) is 9.13 Å². The zero-order valence-corrected chi connectivity index (χ0v) is 34.5. The third kappa shape index (κ3) is 5.19. The van der Waals surface area contributed by atoms with E-state index in [2.05, 4.69) is 252 Å². The lowest BCUT2D eigenvalue weighted by Gasteiger charge is -2.35. The first-order valence-corrected chi connectivity index (χ1v) is 21.8. The molecule has 0 unspecified atom stereocenters. The summed E-state index contributed by atoms with van der Waals surface area (Å²) < 4.78 is 4.93. The standard InChI is InChI=1S/C61H40N2/c1-3-17-41(18-4-1)42-31-35-46(36-32-42)62-56-28-14-9-23-49(56)51-37-33-44(40-60(51)62)43-34-38-58-52(39-43)50-24-10-15-29-57(50)63(58)59-30-16-13-27-55(59)61(45-19-5-2-6-20-45)53-25-11-7-21-47(53)48-22-8-12-26-54(48)61/h1-40H. The van der Waals surface area contributed by atoms with Crippen LogP contribution in [-0.4, -0.2) is 9.13 Å². The predicted octanol–water partition coefficient (Wildman–Crippen LogP) is 15.6. The molecule has 2 nitrogen and oxygen atoms in total. The number of hydrogen-bond donors (Lipinski definition) is 0. The van der Waals surface area contributed by atoms with Crippen molar-refractivity contribution >= 4 is 43.6 Å². The third-order valence-corrected chi connectivity index (χ3v) is 13.6. The molecule has 0 bridgehead atoms. The van der Waals surface area contributed by atoms with Crippen molar-refractivity contribution in [3.05, 3.63) is 265 Å². The molecule has 0 aliphatic heterocycles. The molecule has 0 N–H and O–H groups in total. The maximum absolute atomic E-state index is 2.51. The van der Waals surface area contributed by atoms with Crippen LogP contribution in [0, 0.1) is 0 Å². The van der Waals surface area contributed by atoms with E-state index in [-0.39, 0.29) is 0 Å². The molecular weight excluding hydrogens is 761 g/mol. The van der Waals surface area contributed by atoms with Crippen molar-refractivity contribution in [3.63, 3.8) is 0 Å². The predicted molar refractivity (Wildman–Crippen MR) is 263 cm³/mol. The highest BCUT2D eigenvalue weighted by Gasteiger charge is 2.47. The number of benzene rings is 10. The molecule has 2 heterocycles. The first-order chi connectivity index (χ1) is 31.3. The molecular formula is C61H40N2. The quantitative estimate of drug-likeness (QED) is 0.159. The summed E-state index contributed by atoms with van der Waals surface area (Å²) in [6.45, 7) is 0. The number of nitrogens with zero attached hydrogens (tertiary/aromatic N) is 2. The SMILES string of the molecule is c1ccc(-c2ccc(-n3c4ccccc4c4ccc(-c5ccc6c(c5)c5ccccc5n6-c5ccccc5C5(c6ccccc6)c6ccccc6-c6ccccc65)cc43)cc2)cc1. The summed E-state index contributed by atoms with van der Waals surface area (Å²) in [5, 5.41) is 4.97. The van der Waals surface area contributed by atoms with Gasteiger partial charge in [-0.1, -0.05) is 194 Å². The van der Waals surface area contributed by atoms with Gasteiger partial charge < -0.3 is 9.13 Å². The fourth-order valence-corrected chi connectivity index (χ4v) is 10.9. The maximum atomic E-state index is 2.51. The van der Waals surface area contributed by atoms with Crippen LogP contribution in [-0.2, 0) is 5.41 Å². The topological polar surface area (TPSA) is 9.86 Å². The number of para-hydroxylation sites is 3. The van der Waals surface area contributed by atoms with Gasteiger partial charge >= 0.3 is 0 Å². The first-order valence-electron chi connectivity index (χ1n) is 21.8. The molecule has 0 radical (unpaired) electrons. The molecule has 2 aromatic heterocycles. The van der Waals surface area contributed by atoms with E-state index in [1.54, 1.807) is 0 Å². The van der Waals surface area contributed by atoms with Crippen molar-refractivity contribution in [2.75, 3.05) is 0 Å². The molecule has 0 spiro atoms. The fourth-order valence-electron chi connectivity index (χ4n) is 10.9. The second-order valence-corrected chi connectivity index (χ2v) is 16.8. The minimum absolute atomic E-state index is 0.529. The van der Waals surface area contributed by atoms with Crippen molar-refractivity contribution in [2.45, 2.75) is 5.41 Å². The molecule has 0 saturated carbocycles. The van der Waals surface area contributed by atoms with Gasteiger partial charge in [-0.2, -0.15) is 0 Å². The van der Waals surface area contributed by atoms with Crippen LogP contribution in [0.25, 0.3) is 88.4 Å². The van der Waals surface area contributed by atoms with Gasteiger partial charge in [-0.25, -0.2) is 0 Å². The van der Waals surface area contributed by atoms with Gasteiger partial charge in [0.1, 0.15) is 0 Å². The van der Waals surface area contributed by atoms with E-state index in [1.165, 1.54) is 105 Å². The minimum Gasteiger partial charge on any atom is -0.309 e. The summed E-state index contributed by atoms with van der Waals surface area (Å²) >= 11 is 0. The Morgan fingerprint density at radius 1 is 0.270 bits per heavy atom. The van der Waals surface area contributed by atoms with E-state index in [9.17, 15) is 0 Å². The Kier molecular flexibility index (Phi) is 7.85. The molecule has 1 aliphatic rings. The lowest BCUT2D eigenvalue weighted by atomic mass is 9.67. The summed E-state index contributed by atoms with van der Waals surface area (Å²) in [7, 11) is 0. The van der Waals surface area contributed by atoms with Crippen LogP contribution < -0.4 is 0 Å². The van der Waals surface area contributed by atoms with E-state index >= 15 is 0 Å². The summed E-state index contributed by atoms with van der Waals surface area (Å²) in [5.41, 5.74) is 19.1. The average molecular weight is 801 g/mol. The number of hydrogen-bond acceptors (Lipinski definition) is 0. The van der Waals surface area contributed by atoms with Gasteiger partial charge in [0.15, 0.2) is 0 Å². The zero-order valence-electron chi connectivity index (χ0n) is 34.5. The highest BCUT2D eigenvalue weighted by atomic mass is 15.0. The lowest BCUT2D eigenvalue weighted by molar-refractivity contribution is 0.761. The second kappa shape index (κ2) is 13.9. The van der Waals surface area contributed by atoms with Crippen molar-refractivity contribution in [2.24, 2.45) is 0 Å². The first kappa shape index (κ1) is 35.5. The van der Waals surface area contributed by atoms with Crippen LogP contribution in [0.4, 0.5) is 0 Å². The van der Waals surface area contributed by atoms with E-state index < -0.39 is 5.41 Å². The van der Waals surface area contributed by atoms with E-state index in [0.29, 0.717) is 0 Å². The van der Waals surface area contributed by atoms with Gasteiger partial charge in [0.25, 0.3) is 0 Å². The molecule has 294 valence electrons. The molecule has 2 heteroatoms. The molecule has 0 amide bonds. The summed E-state index contributed by atoms with van der Waals surface area (Å²) in [5.74, 6) is 0. The fraction of sp³-hybridized carbons (Fsp3) is 0.0164. The Morgan fingerprint density at radius 2 is 0.746 bits per heavy atom. The molecule has 0 saturated heterocycles. The monoisotopic (exact) mass is 800 g/mol. The van der Waals surface area contributed by atoms with E-state index in [0.717, 1.165) is 5.69 Å². The van der Waals surface area contributed by atoms with Crippen molar-refractivity contribution in [3.8, 4) is 44.8 Å². The molecule has 63 heavy (non-hydrogen) atoms. The van der Waals surface area contributed by atoms with Gasteiger partial charge in [0.05, 0.1) is 33.2 Å². The average Bonchev–Trinajstić information content (AvgIpc) is 3.98. The van der Waals surface area contributed by atoms with Crippen molar-refractivity contribution in [1.29, 1.82) is 0 Å². The zero-order chi connectivity index (χ0) is 41.5. The molecule has 12 aromatic rings. The van der Waals surface area contributed by atoms with Crippen LogP contribution in [0.1, 0.15) is 22.3 Å². The Bertz CT molecular complexity index is 3670. The highest BCUT2D eigenvalue weighted by Crippen LogP contribution is 2.57. The summed E-state index contributed by atoms with van der Waals surface area (Å²) in [6, 6.07) is 89.6. The third-order valence-electron chi connectivity index (χ3n) is 13.6. The number of aromatic nitrogens is 2. The summed E-state index contributed by atoms with van der Waals surface area (Å²) in [4.78, 5) is 0. The van der Waals surface area contributed by atoms with Gasteiger partial charge in [-0.15, -0.1) is 0 Å². The second-order valence-electron chi connectivity index (χ2n) is 16.8. The normalized spacial score (nSPS) is 12.9. The van der Waals surface area contributed by atoms with Crippen LogP contribution in [0.5, 0.6) is 0 Å². The highest BCUT2D eigenvalue weighted by molar-refractivity contribution is 6.12. The van der Waals surface area contributed by atoms with Crippen LogP contribution >= 0.6 is 0 Å². The Hall–Kier alpha value is -8.20. The van der Waals surface area contributed by atoms with Gasteiger partial charge in [-0.05, 0) is 104 Å². The van der Waals surface area contributed by atoms with Crippen LogP contribution in [0.3, 0.4) is 0 Å². The molecule has 1 aliphatic carbocycles. The number of fused-ring (bicyclic) bond motifs is 9. The van der Waals surface area contributed by atoms with Crippen LogP contribution in [0.15, 0.2) is 243 Å². The van der Waals surface area contributed by atoms with Crippen molar-refractivity contribution < 1.29 is 0 Å². The lowest BCUT2D eigenvalue weighted by Crippen LogP contribution is -2.30. The van der Waals surface area contributed by atoms with E-state index in [1.807, 2.05) is 0 Å². The largest absolute Gasteiger partial charge is 0.309 e. The Balaban J connectivity index is 1.01. The van der Waals surface area contributed by atoms with Crippen LogP contribution in [0.2, 0.25) is 0 Å². The van der Waals surface area contributed by atoms with E-state index in [4.69, 9.17) is 0 Å². The molecule has 0 fully saturated rings. The Labute approximate surface area is 366 Å². The molecule has 13 rings (SSSR count). The molecule has 0 atom stereocenters.